The number of carbonyl (C=O) groups excluding carboxylic acids is 3. The van der Waals surface area contributed by atoms with E-state index in [4.69, 9.17) is 10.6 Å². The average Bonchev–Trinajstić information content (AvgIpc) is 2.62. The molecule has 0 spiro atoms. The van der Waals surface area contributed by atoms with Crippen molar-refractivity contribution in [2.24, 2.45) is 5.84 Å². The van der Waals surface area contributed by atoms with Gasteiger partial charge in [-0.2, -0.15) is 0 Å². The van der Waals surface area contributed by atoms with E-state index in [0.717, 1.165) is 15.8 Å². The molecule has 0 saturated carbocycles. The zero-order valence-corrected chi connectivity index (χ0v) is 15.5. The van der Waals surface area contributed by atoms with E-state index in [2.05, 4.69) is 15.9 Å². The Hall–Kier alpha value is -2.13. The Labute approximate surface area is 154 Å². The smallest absolute Gasteiger partial charge is 0.323 e. The Kier molecular flexibility index (Phi) is 6.77. The van der Waals surface area contributed by atoms with E-state index in [1.165, 1.54) is 4.90 Å². The lowest BCUT2D eigenvalue weighted by Crippen LogP contribution is -2.54. The highest BCUT2D eigenvalue weighted by Gasteiger charge is 2.27. The second-order valence-corrected chi connectivity index (χ2v) is 6.57. The van der Waals surface area contributed by atoms with Crippen LogP contribution in [0.15, 0.2) is 22.7 Å². The summed E-state index contributed by atoms with van der Waals surface area (Å²) in [5.74, 6) is 4.13. The lowest BCUT2D eigenvalue weighted by Gasteiger charge is -2.34. The molecule has 25 heavy (non-hydrogen) atoms. The molecule has 1 fully saturated rings. The maximum Gasteiger partial charge on any atom is 0.323 e. The number of carbonyl (C=O) groups is 3. The van der Waals surface area contributed by atoms with Crippen LogP contribution in [0.5, 0.6) is 5.75 Å². The molecule has 1 saturated heterocycles. The van der Waals surface area contributed by atoms with Gasteiger partial charge in [0.05, 0.1) is 13.0 Å². The van der Waals surface area contributed by atoms with Crippen molar-refractivity contribution >= 4 is 33.7 Å². The summed E-state index contributed by atoms with van der Waals surface area (Å²) < 4.78 is 6.64. The number of benzene rings is 1. The first-order chi connectivity index (χ1) is 11.9. The summed E-state index contributed by atoms with van der Waals surface area (Å²) in [6.45, 7) is 3.63. The van der Waals surface area contributed by atoms with Gasteiger partial charge >= 0.3 is 11.8 Å². The molecule has 0 radical (unpaired) electrons. The zero-order valence-electron chi connectivity index (χ0n) is 14.0. The van der Waals surface area contributed by atoms with E-state index in [0.29, 0.717) is 26.2 Å². The molecule has 0 bridgehead atoms. The molecule has 1 aromatic carbocycles. The zero-order chi connectivity index (χ0) is 18.4. The van der Waals surface area contributed by atoms with Crippen molar-refractivity contribution in [1.82, 2.24) is 15.2 Å². The van der Waals surface area contributed by atoms with E-state index in [1.807, 2.05) is 30.5 Å². The fourth-order valence-electron chi connectivity index (χ4n) is 2.55. The van der Waals surface area contributed by atoms with Crippen molar-refractivity contribution in [3.63, 3.8) is 0 Å². The van der Waals surface area contributed by atoms with E-state index < -0.39 is 11.8 Å². The predicted octanol–water partition coefficient (Wildman–Crippen LogP) is 0.187. The van der Waals surface area contributed by atoms with Crippen molar-refractivity contribution in [1.29, 1.82) is 0 Å². The number of ether oxygens (including phenoxy) is 1. The monoisotopic (exact) mass is 412 g/mol. The highest BCUT2D eigenvalue weighted by atomic mass is 79.9. The number of nitrogens with two attached hydrogens (primary N) is 1. The van der Waals surface area contributed by atoms with E-state index in [1.54, 1.807) is 4.90 Å². The number of nitrogens with one attached hydrogen (secondary N) is 1. The van der Waals surface area contributed by atoms with Crippen LogP contribution in [0.25, 0.3) is 0 Å². The van der Waals surface area contributed by atoms with Gasteiger partial charge in [0.2, 0.25) is 5.91 Å². The van der Waals surface area contributed by atoms with Crippen LogP contribution in [0.4, 0.5) is 0 Å². The largest absolute Gasteiger partial charge is 0.493 e. The molecule has 1 aliphatic heterocycles. The molecule has 8 nitrogen and oxygen atoms in total. The Balaban J connectivity index is 1.75. The normalized spacial score (nSPS) is 14.2. The minimum Gasteiger partial charge on any atom is -0.493 e. The van der Waals surface area contributed by atoms with Gasteiger partial charge in [0, 0.05) is 30.7 Å². The molecule has 0 atom stereocenters. The summed E-state index contributed by atoms with van der Waals surface area (Å²) in [4.78, 5) is 38.2. The average molecular weight is 413 g/mol. The van der Waals surface area contributed by atoms with Crippen LogP contribution >= 0.6 is 15.9 Å². The summed E-state index contributed by atoms with van der Waals surface area (Å²) in [5, 5.41) is 0. The molecular weight excluding hydrogens is 392 g/mol. The number of hydrogen-bond acceptors (Lipinski definition) is 5. The minimum atomic E-state index is -0.849. The van der Waals surface area contributed by atoms with Gasteiger partial charge in [-0.3, -0.25) is 19.8 Å². The first-order valence-electron chi connectivity index (χ1n) is 7.89. The molecule has 1 aromatic rings. The quantitative estimate of drug-likeness (QED) is 0.317. The number of hydrazine groups is 1. The number of piperazine rings is 1. The molecule has 3 N–H and O–H groups in total. The highest BCUT2D eigenvalue weighted by Crippen LogP contribution is 2.22. The first-order valence-corrected chi connectivity index (χ1v) is 8.68. The Bertz CT molecular complexity index is 660. The fraction of sp³-hybridized carbons (Fsp3) is 0.438. The third-order valence-corrected chi connectivity index (χ3v) is 4.45. The summed E-state index contributed by atoms with van der Waals surface area (Å²) in [6, 6.07) is 5.69. The standard InChI is InChI=1S/C16H21BrN4O4/c1-11-10-12(17)2-3-13(11)25-9-4-14(22)20-5-7-21(8-6-20)16(24)15(23)19-18/h2-3,10H,4-9,18H2,1H3,(H,19,23). The first kappa shape index (κ1) is 19.2. The maximum atomic E-state index is 12.2. The minimum absolute atomic E-state index is 0.0369. The van der Waals surface area contributed by atoms with Crippen LogP contribution in [-0.4, -0.2) is 60.3 Å². The lowest BCUT2D eigenvalue weighted by molar-refractivity contribution is -0.148. The maximum absolute atomic E-state index is 12.2. The highest BCUT2D eigenvalue weighted by molar-refractivity contribution is 9.10. The molecule has 1 aliphatic rings. The number of hydrogen-bond donors (Lipinski definition) is 2. The van der Waals surface area contributed by atoms with Crippen molar-refractivity contribution < 1.29 is 19.1 Å². The fourth-order valence-corrected chi connectivity index (χ4v) is 3.02. The molecule has 3 amide bonds. The van der Waals surface area contributed by atoms with Crippen LogP contribution in [0.1, 0.15) is 12.0 Å². The Morgan fingerprint density at radius 1 is 1.20 bits per heavy atom. The van der Waals surface area contributed by atoms with Crippen molar-refractivity contribution in [2.75, 3.05) is 32.8 Å². The molecule has 0 aliphatic carbocycles. The topological polar surface area (TPSA) is 105 Å². The summed E-state index contributed by atoms with van der Waals surface area (Å²) in [7, 11) is 0. The van der Waals surface area contributed by atoms with Crippen LogP contribution in [0.3, 0.4) is 0 Å². The lowest BCUT2D eigenvalue weighted by atomic mass is 10.2. The van der Waals surface area contributed by atoms with Crippen molar-refractivity contribution in [3.05, 3.63) is 28.2 Å². The summed E-state index contributed by atoms with van der Waals surface area (Å²) in [6.07, 6.45) is 0.257. The molecule has 136 valence electrons. The number of halogens is 1. The number of rotatable bonds is 4. The number of amides is 3. The van der Waals surface area contributed by atoms with Crippen LogP contribution in [0.2, 0.25) is 0 Å². The van der Waals surface area contributed by atoms with Crippen molar-refractivity contribution in [2.45, 2.75) is 13.3 Å². The van der Waals surface area contributed by atoms with Crippen LogP contribution in [0, 0.1) is 6.92 Å². The van der Waals surface area contributed by atoms with Gasteiger partial charge in [-0.15, -0.1) is 0 Å². The Morgan fingerprint density at radius 3 is 2.44 bits per heavy atom. The van der Waals surface area contributed by atoms with Gasteiger partial charge in [-0.25, -0.2) is 5.84 Å². The van der Waals surface area contributed by atoms with E-state index in [-0.39, 0.29) is 18.9 Å². The second-order valence-electron chi connectivity index (χ2n) is 5.65. The van der Waals surface area contributed by atoms with Gasteiger partial charge in [0.25, 0.3) is 0 Å². The number of nitrogens with zero attached hydrogens (tertiary/aromatic N) is 2. The van der Waals surface area contributed by atoms with Gasteiger partial charge in [-0.05, 0) is 30.7 Å². The third kappa shape index (κ3) is 5.17. The van der Waals surface area contributed by atoms with E-state index >= 15 is 0 Å². The van der Waals surface area contributed by atoms with Crippen molar-refractivity contribution in [3.8, 4) is 5.75 Å². The summed E-state index contributed by atoms with van der Waals surface area (Å²) in [5.41, 5.74) is 2.81. The van der Waals surface area contributed by atoms with Gasteiger partial charge in [0.15, 0.2) is 0 Å². The van der Waals surface area contributed by atoms with Gasteiger partial charge < -0.3 is 14.5 Å². The van der Waals surface area contributed by atoms with Crippen LogP contribution in [-0.2, 0) is 14.4 Å². The third-order valence-electron chi connectivity index (χ3n) is 3.96. The van der Waals surface area contributed by atoms with Crippen LogP contribution < -0.4 is 16.0 Å². The predicted molar refractivity (Wildman–Crippen MR) is 94.5 cm³/mol. The molecule has 0 unspecified atom stereocenters. The number of aryl methyl sites for hydroxylation is 1. The molecule has 9 heteroatoms. The second kappa shape index (κ2) is 8.82. The SMILES string of the molecule is Cc1cc(Br)ccc1OCCC(=O)N1CCN(C(=O)C(=O)NN)CC1. The summed E-state index contributed by atoms with van der Waals surface area (Å²) >= 11 is 3.39. The molecule has 1 heterocycles. The van der Waals surface area contributed by atoms with Gasteiger partial charge in [0.1, 0.15) is 5.75 Å². The molecular formula is C16H21BrN4O4. The van der Waals surface area contributed by atoms with Gasteiger partial charge in [-0.1, -0.05) is 15.9 Å². The Morgan fingerprint density at radius 2 is 1.84 bits per heavy atom. The molecule has 2 rings (SSSR count). The van der Waals surface area contributed by atoms with E-state index in [9.17, 15) is 14.4 Å². The molecule has 0 aromatic heterocycles.